The number of aromatic nitrogens is 4. The van der Waals surface area contributed by atoms with E-state index in [4.69, 9.17) is 4.74 Å². The van der Waals surface area contributed by atoms with Crippen molar-refractivity contribution in [3.8, 4) is 5.75 Å². The first-order chi connectivity index (χ1) is 16.3. The second-order valence-corrected chi connectivity index (χ2v) is 9.48. The van der Waals surface area contributed by atoms with Gasteiger partial charge < -0.3 is 14.6 Å². The predicted octanol–water partition coefficient (Wildman–Crippen LogP) is 5.10. The van der Waals surface area contributed by atoms with E-state index >= 15 is 0 Å². The monoisotopic (exact) mass is 441 g/mol. The van der Waals surface area contributed by atoms with E-state index in [1.165, 1.54) is 41.5 Å². The molecule has 0 spiro atoms. The number of rotatable bonds is 9. The lowest BCUT2D eigenvalue weighted by Gasteiger charge is -2.16. The first-order valence-corrected chi connectivity index (χ1v) is 12.2. The van der Waals surface area contributed by atoms with E-state index < -0.39 is 0 Å². The minimum absolute atomic E-state index is 0.532. The third-order valence-corrected chi connectivity index (χ3v) is 7.03. The van der Waals surface area contributed by atoms with Gasteiger partial charge >= 0.3 is 0 Å². The molecule has 1 atom stereocenters. The lowest BCUT2D eigenvalue weighted by atomic mass is 9.97. The van der Waals surface area contributed by atoms with Crippen molar-refractivity contribution < 1.29 is 4.74 Å². The predicted molar refractivity (Wildman–Crippen MR) is 129 cm³/mol. The van der Waals surface area contributed by atoms with E-state index in [0.29, 0.717) is 18.4 Å². The average molecular weight is 442 g/mol. The Morgan fingerprint density at radius 2 is 1.88 bits per heavy atom. The summed E-state index contributed by atoms with van der Waals surface area (Å²) in [6.07, 6.45) is 8.98. The van der Waals surface area contributed by atoms with Gasteiger partial charge in [0, 0.05) is 35.5 Å². The number of nitrogens with zero attached hydrogens (tertiary/aromatic N) is 4. The third kappa shape index (κ3) is 4.53. The Bertz CT molecular complexity index is 1210. The number of aryl methyl sites for hydroxylation is 1. The number of nitrogens with one attached hydrogen (secondary N) is 1. The number of benzene rings is 2. The molecule has 2 aliphatic rings. The van der Waals surface area contributed by atoms with Crippen LogP contribution < -0.4 is 4.74 Å². The summed E-state index contributed by atoms with van der Waals surface area (Å²) in [5, 5.41) is 10.3. The molecule has 6 rings (SSSR count). The van der Waals surface area contributed by atoms with Crippen molar-refractivity contribution in [1.82, 2.24) is 24.9 Å². The number of hydrogen-bond acceptors (Lipinski definition) is 4. The van der Waals surface area contributed by atoms with Crippen molar-refractivity contribution in [3.63, 3.8) is 0 Å². The summed E-state index contributed by atoms with van der Waals surface area (Å²) in [5.74, 6) is 2.18. The molecular formula is C27H31N5O. The van der Waals surface area contributed by atoms with Gasteiger partial charge in [-0.3, -0.25) is 0 Å². The average Bonchev–Trinajstić information content (AvgIpc) is 3.23. The normalized spacial score (nSPS) is 18.8. The zero-order chi connectivity index (χ0) is 22.0. The number of likely N-dealkylation sites (tertiary alicyclic amines) is 1. The maximum atomic E-state index is 6.28. The maximum Gasteiger partial charge on any atom is 0.129 e. The van der Waals surface area contributed by atoms with Gasteiger partial charge in [-0.2, -0.15) is 15.0 Å². The standard InChI is InChI=1S/C27H31N5O/c1-2-6-20(7-3-1)19-33-26-9-4-8-24-27(26)23(16-28-24)22-12-15-31(18-22)13-5-14-32-29-17-25(30-32)21-10-11-21/h1-4,6-9,16-17,21-22,28H,5,10-15,18-19H2. The molecule has 1 saturated heterocycles. The molecule has 0 amide bonds. The Kier molecular flexibility index (Phi) is 5.60. The molecule has 170 valence electrons. The first-order valence-electron chi connectivity index (χ1n) is 12.2. The molecule has 6 heteroatoms. The second kappa shape index (κ2) is 9.02. The summed E-state index contributed by atoms with van der Waals surface area (Å²) in [6, 6.07) is 16.7. The number of fused-ring (bicyclic) bond motifs is 1. The molecule has 1 unspecified atom stereocenters. The van der Waals surface area contributed by atoms with Gasteiger partial charge in [0.05, 0.1) is 18.4 Å². The van der Waals surface area contributed by atoms with Crippen LogP contribution in [0.4, 0.5) is 0 Å². The van der Waals surface area contributed by atoms with Crippen molar-refractivity contribution in [2.24, 2.45) is 0 Å². The second-order valence-electron chi connectivity index (χ2n) is 9.48. The Morgan fingerprint density at radius 3 is 2.76 bits per heavy atom. The molecule has 1 aliphatic carbocycles. The SMILES string of the molecule is c1ccc(COc2cccc3[nH]cc(C4CCN(CCCn5ncc(C6CC6)n5)C4)c23)cc1. The lowest BCUT2D eigenvalue weighted by Crippen LogP contribution is -2.23. The molecule has 2 aromatic carbocycles. The highest BCUT2D eigenvalue weighted by atomic mass is 16.5. The summed E-state index contributed by atoms with van der Waals surface area (Å²) in [4.78, 5) is 7.95. The van der Waals surface area contributed by atoms with Crippen molar-refractivity contribution in [1.29, 1.82) is 0 Å². The highest BCUT2D eigenvalue weighted by Crippen LogP contribution is 2.39. The van der Waals surface area contributed by atoms with E-state index in [-0.39, 0.29) is 0 Å². The highest BCUT2D eigenvalue weighted by molar-refractivity contribution is 5.89. The van der Waals surface area contributed by atoms with E-state index in [0.717, 1.165) is 43.9 Å². The van der Waals surface area contributed by atoms with Crippen molar-refractivity contribution in [2.45, 2.75) is 50.7 Å². The molecule has 1 saturated carbocycles. The lowest BCUT2D eigenvalue weighted by molar-refractivity contribution is 0.309. The van der Waals surface area contributed by atoms with Gasteiger partial charge in [0.1, 0.15) is 12.4 Å². The van der Waals surface area contributed by atoms with Crippen LogP contribution in [0.3, 0.4) is 0 Å². The van der Waals surface area contributed by atoms with E-state index in [9.17, 15) is 0 Å². The fraction of sp³-hybridized carbons (Fsp3) is 0.407. The van der Waals surface area contributed by atoms with Gasteiger partial charge in [-0.25, -0.2) is 0 Å². The van der Waals surface area contributed by atoms with Crippen molar-refractivity contribution in [2.75, 3.05) is 19.6 Å². The topological polar surface area (TPSA) is 59.0 Å². The Labute approximate surface area is 194 Å². The van der Waals surface area contributed by atoms with Crippen molar-refractivity contribution in [3.05, 3.63) is 77.7 Å². The van der Waals surface area contributed by atoms with Crippen LogP contribution in [0.1, 0.15) is 54.3 Å². The van der Waals surface area contributed by atoms with Gasteiger partial charge in [0.2, 0.25) is 0 Å². The zero-order valence-electron chi connectivity index (χ0n) is 19.0. The largest absolute Gasteiger partial charge is 0.488 e. The molecule has 0 radical (unpaired) electrons. The minimum atomic E-state index is 0.532. The van der Waals surface area contributed by atoms with Crippen LogP contribution in [0.25, 0.3) is 10.9 Å². The minimum Gasteiger partial charge on any atom is -0.488 e. The van der Waals surface area contributed by atoms with Crippen LogP contribution in [-0.4, -0.2) is 44.5 Å². The molecule has 6 nitrogen and oxygen atoms in total. The number of ether oxygens (including phenoxy) is 1. The van der Waals surface area contributed by atoms with Crippen LogP contribution in [0, 0.1) is 0 Å². The molecule has 1 aliphatic heterocycles. The summed E-state index contributed by atoms with van der Waals surface area (Å²) < 4.78 is 6.28. The van der Waals surface area contributed by atoms with Crippen LogP contribution >= 0.6 is 0 Å². The molecule has 2 fully saturated rings. The summed E-state index contributed by atoms with van der Waals surface area (Å²) in [5.41, 5.74) is 4.92. The summed E-state index contributed by atoms with van der Waals surface area (Å²) in [7, 11) is 0. The van der Waals surface area contributed by atoms with E-state index in [1.54, 1.807) is 0 Å². The number of aromatic amines is 1. The van der Waals surface area contributed by atoms with Gasteiger partial charge in [0.15, 0.2) is 0 Å². The van der Waals surface area contributed by atoms with E-state index in [1.807, 2.05) is 17.1 Å². The summed E-state index contributed by atoms with van der Waals surface area (Å²) in [6.45, 7) is 4.82. The maximum absolute atomic E-state index is 6.28. The Hall–Kier alpha value is -3.12. The van der Waals surface area contributed by atoms with Gasteiger partial charge in [0.25, 0.3) is 0 Å². The zero-order valence-corrected chi connectivity index (χ0v) is 19.0. The molecule has 0 bridgehead atoms. The Morgan fingerprint density at radius 1 is 0.970 bits per heavy atom. The molecule has 4 aromatic rings. The summed E-state index contributed by atoms with van der Waals surface area (Å²) >= 11 is 0. The highest BCUT2D eigenvalue weighted by Gasteiger charge is 2.28. The van der Waals surface area contributed by atoms with Crippen LogP contribution in [-0.2, 0) is 13.2 Å². The Balaban J connectivity index is 1.08. The fourth-order valence-corrected chi connectivity index (χ4v) is 5.06. The quantitative estimate of drug-likeness (QED) is 0.393. The molecule has 3 heterocycles. The first kappa shape index (κ1) is 20.5. The van der Waals surface area contributed by atoms with Crippen LogP contribution in [0.2, 0.25) is 0 Å². The van der Waals surface area contributed by atoms with Crippen LogP contribution in [0.5, 0.6) is 5.75 Å². The molecule has 33 heavy (non-hydrogen) atoms. The van der Waals surface area contributed by atoms with Gasteiger partial charge in [-0.1, -0.05) is 36.4 Å². The molecule has 1 N–H and O–H groups in total. The molecule has 2 aromatic heterocycles. The third-order valence-electron chi connectivity index (χ3n) is 7.03. The molecular weight excluding hydrogens is 410 g/mol. The van der Waals surface area contributed by atoms with Gasteiger partial charge in [-0.15, -0.1) is 0 Å². The number of hydrogen-bond donors (Lipinski definition) is 1. The fourth-order valence-electron chi connectivity index (χ4n) is 5.06. The van der Waals surface area contributed by atoms with Crippen molar-refractivity contribution >= 4 is 10.9 Å². The van der Waals surface area contributed by atoms with Crippen LogP contribution in [0.15, 0.2) is 60.9 Å². The smallest absolute Gasteiger partial charge is 0.129 e. The number of H-pyrrole nitrogens is 1. The van der Waals surface area contributed by atoms with E-state index in [2.05, 4.69) is 68.7 Å². The van der Waals surface area contributed by atoms with Gasteiger partial charge in [-0.05, 0) is 62.0 Å².